The van der Waals surface area contributed by atoms with Crippen LogP contribution in [0.15, 0.2) is 54.6 Å². The molecule has 0 radical (unpaired) electrons. The summed E-state index contributed by atoms with van der Waals surface area (Å²) in [5.74, 6) is -0.846. The molecule has 0 aliphatic carbocycles. The molecule has 1 aliphatic heterocycles. The number of anilines is 1. The van der Waals surface area contributed by atoms with E-state index in [1.54, 1.807) is 31.4 Å². The minimum absolute atomic E-state index is 0.103. The number of aromatic nitrogens is 1. The quantitative estimate of drug-likeness (QED) is 0.386. The fourth-order valence-electron chi connectivity index (χ4n) is 4.76. The highest BCUT2D eigenvalue weighted by atomic mass is 16.5. The average Bonchev–Trinajstić information content (AvgIpc) is 3.53. The molecule has 3 amide bonds. The number of hydrogen-bond donors (Lipinski definition) is 3. The summed E-state index contributed by atoms with van der Waals surface area (Å²) in [5.41, 5.74) is 1.69. The van der Waals surface area contributed by atoms with E-state index in [2.05, 4.69) is 15.6 Å². The van der Waals surface area contributed by atoms with E-state index in [0.29, 0.717) is 29.8 Å². The summed E-state index contributed by atoms with van der Waals surface area (Å²) in [7, 11) is 1.56. The van der Waals surface area contributed by atoms with Crippen molar-refractivity contribution in [3.63, 3.8) is 0 Å². The van der Waals surface area contributed by atoms with Crippen LogP contribution in [0.25, 0.3) is 10.9 Å². The molecular weight excluding hydrogens is 472 g/mol. The maximum atomic E-state index is 13.6. The molecule has 4 rings (SSSR count). The number of amides is 3. The molecule has 1 fully saturated rings. The van der Waals surface area contributed by atoms with Crippen LogP contribution in [0.5, 0.6) is 5.75 Å². The number of fused-ring (bicyclic) bond motifs is 1. The molecule has 1 saturated heterocycles. The van der Waals surface area contributed by atoms with Crippen LogP contribution in [0.3, 0.4) is 0 Å². The lowest BCUT2D eigenvalue weighted by Gasteiger charge is -2.27. The fourth-order valence-corrected chi connectivity index (χ4v) is 4.76. The summed E-state index contributed by atoms with van der Waals surface area (Å²) in [6.45, 7) is 4.02. The SMILES string of the molecule is COc1cccc2[nH]c(C(=O)NC(CC(C)C)C(=O)N3CC(C(=O)Nc4ccccc4)CC3C=O)cc12. The first kappa shape index (κ1) is 25.9. The molecule has 9 heteroatoms. The van der Waals surface area contributed by atoms with Gasteiger partial charge in [-0.2, -0.15) is 0 Å². The van der Waals surface area contributed by atoms with Gasteiger partial charge in [0.05, 0.1) is 19.1 Å². The first-order valence-electron chi connectivity index (χ1n) is 12.4. The first-order valence-corrected chi connectivity index (χ1v) is 12.4. The minimum Gasteiger partial charge on any atom is -0.496 e. The van der Waals surface area contributed by atoms with Gasteiger partial charge in [-0.3, -0.25) is 14.4 Å². The number of hydrogen-bond acceptors (Lipinski definition) is 5. The molecule has 3 aromatic rings. The van der Waals surface area contributed by atoms with Gasteiger partial charge >= 0.3 is 0 Å². The highest BCUT2D eigenvalue weighted by molar-refractivity contribution is 6.02. The molecule has 3 unspecified atom stereocenters. The maximum Gasteiger partial charge on any atom is 0.268 e. The van der Waals surface area contributed by atoms with Crippen molar-refractivity contribution in [3.05, 3.63) is 60.3 Å². The summed E-state index contributed by atoms with van der Waals surface area (Å²) in [4.78, 5) is 56.0. The van der Waals surface area contributed by atoms with E-state index in [1.807, 2.05) is 44.2 Å². The van der Waals surface area contributed by atoms with Gasteiger partial charge in [0.15, 0.2) is 0 Å². The summed E-state index contributed by atoms with van der Waals surface area (Å²) in [5, 5.41) is 6.46. The molecule has 3 atom stereocenters. The van der Waals surface area contributed by atoms with Crippen LogP contribution >= 0.6 is 0 Å². The predicted octanol–water partition coefficient (Wildman–Crippen LogP) is 3.38. The largest absolute Gasteiger partial charge is 0.496 e. The second-order valence-corrected chi connectivity index (χ2v) is 9.74. The van der Waals surface area contributed by atoms with Gasteiger partial charge in [-0.05, 0) is 49.1 Å². The molecule has 0 bridgehead atoms. The highest BCUT2D eigenvalue weighted by Crippen LogP contribution is 2.27. The number of carbonyl (C=O) groups is 4. The van der Waals surface area contributed by atoms with Crippen LogP contribution < -0.4 is 15.4 Å². The zero-order chi connectivity index (χ0) is 26.5. The minimum atomic E-state index is -0.848. The molecule has 9 nitrogen and oxygen atoms in total. The van der Waals surface area contributed by atoms with Gasteiger partial charge in [0.1, 0.15) is 23.8 Å². The standard InChI is InChI=1S/C28H32N4O5/c1-17(2)12-24(31-27(35)23-14-21-22(30-23)10-7-11-25(21)37-3)28(36)32-15-18(13-20(32)16-33)26(34)29-19-8-5-4-6-9-19/h4-11,14,16-18,20,24,30H,12-13,15H2,1-3H3,(H,29,34)(H,31,35). The van der Waals surface area contributed by atoms with E-state index < -0.39 is 23.9 Å². The molecule has 2 heterocycles. The number of nitrogens with zero attached hydrogens (tertiary/aromatic N) is 1. The smallest absolute Gasteiger partial charge is 0.268 e. The Morgan fingerprint density at radius 1 is 1.14 bits per heavy atom. The van der Waals surface area contributed by atoms with Crippen LogP contribution in [0.1, 0.15) is 37.2 Å². The van der Waals surface area contributed by atoms with Crippen LogP contribution in [0.2, 0.25) is 0 Å². The third-order valence-corrected chi connectivity index (χ3v) is 6.59. The van der Waals surface area contributed by atoms with Crippen molar-refractivity contribution in [2.75, 3.05) is 19.0 Å². The zero-order valence-corrected chi connectivity index (χ0v) is 21.2. The number of benzene rings is 2. The van der Waals surface area contributed by atoms with Crippen LogP contribution in [-0.4, -0.2) is 59.6 Å². The number of rotatable bonds is 9. The van der Waals surface area contributed by atoms with E-state index in [1.165, 1.54) is 4.90 Å². The molecule has 2 aromatic carbocycles. The van der Waals surface area contributed by atoms with Gasteiger partial charge in [0.2, 0.25) is 11.8 Å². The van der Waals surface area contributed by atoms with Crippen LogP contribution in [0.4, 0.5) is 5.69 Å². The van der Waals surface area contributed by atoms with Crippen molar-refractivity contribution >= 4 is 40.6 Å². The van der Waals surface area contributed by atoms with E-state index in [-0.39, 0.29) is 30.7 Å². The number of ether oxygens (including phenoxy) is 1. The van der Waals surface area contributed by atoms with E-state index >= 15 is 0 Å². The molecule has 37 heavy (non-hydrogen) atoms. The normalized spacial score (nSPS) is 18.0. The lowest BCUT2D eigenvalue weighted by molar-refractivity contribution is -0.136. The van der Waals surface area contributed by atoms with E-state index in [0.717, 1.165) is 10.9 Å². The molecule has 3 N–H and O–H groups in total. The van der Waals surface area contributed by atoms with Crippen molar-refractivity contribution in [1.29, 1.82) is 0 Å². The Hall–Kier alpha value is -4.14. The van der Waals surface area contributed by atoms with Crippen molar-refractivity contribution in [1.82, 2.24) is 15.2 Å². The van der Waals surface area contributed by atoms with Gasteiger partial charge in [-0.15, -0.1) is 0 Å². The lowest BCUT2D eigenvalue weighted by atomic mass is 10.0. The second-order valence-electron chi connectivity index (χ2n) is 9.74. The van der Waals surface area contributed by atoms with Crippen molar-refractivity contribution in [2.24, 2.45) is 11.8 Å². The molecule has 194 valence electrons. The Balaban J connectivity index is 1.50. The Morgan fingerprint density at radius 3 is 2.57 bits per heavy atom. The second kappa shape index (κ2) is 11.3. The maximum absolute atomic E-state index is 13.6. The van der Waals surface area contributed by atoms with E-state index in [9.17, 15) is 19.2 Å². The number of likely N-dealkylation sites (tertiary alicyclic amines) is 1. The highest BCUT2D eigenvalue weighted by Gasteiger charge is 2.41. The topological polar surface area (TPSA) is 121 Å². The molecule has 1 aliphatic rings. The zero-order valence-electron chi connectivity index (χ0n) is 21.2. The number of aldehydes is 1. The number of nitrogens with one attached hydrogen (secondary N) is 3. The fraction of sp³-hybridized carbons (Fsp3) is 0.357. The molecule has 0 spiro atoms. The van der Waals surface area contributed by atoms with Crippen LogP contribution in [-0.2, 0) is 14.4 Å². The number of methoxy groups -OCH3 is 1. The Morgan fingerprint density at radius 2 is 1.89 bits per heavy atom. The van der Waals surface area contributed by atoms with Gasteiger partial charge in [0, 0.05) is 23.1 Å². The van der Waals surface area contributed by atoms with E-state index in [4.69, 9.17) is 4.74 Å². The summed E-state index contributed by atoms with van der Waals surface area (Å²) >= 11 is 0. The monoisotopic (exact) mass is 504 g/mol. The third-order valence-electron chi connectivity index (χ3n) is 6.59. The summed E-state index contributed by atoms with van der Waals surface area (Å²) in [6.07, 6.45) is 1.32. The molecular formula is C28H32N4O5. The molecule has 0 saturated carbocycles. The average molecular weight is 505 g/mol. The Bertz CT molecular complexity index is 1290. The predicted molar refractivity (Wildman–Crippen MR) is 140 cm³/mol. The van der Waals surface area contributed by atoms with Gasteiger partial charge in [0.25, 0.3) is 5.91 Å². The van der Waals surface area contributed by atoms with Crippen molar-refractivity contribution in [2.45, 2.75) is 38.8 Å². The first-order chi connectivity index (χ1) is 17.8. The summed E-state index contributed by atoms with van der Waals surface area (Å²) in [6, 6.07) is 14.6. The van der Waals surface area contributed by atoms with Gasteiger partial charge in [-0.1, -0.05) is 38.1 Å². The number of aromatic amines is 1. The number of carbonyl (C=O) groups excluding carboxylic acids is 4. The van der Waals surface area contributed by atoms with Crippen molar-refractivity contribution < 1.29 is 23.9 Å². The number of H-pyrrole nitrogens is 1. The van der Waals surface area contributed by atoms with Crippen LogP contribution in [0, 0.1) is 11.8 Å². The Labute approximate surface area is 215 Å². The van der Waals surface area contributed by atoms with Gasteiger partial charge in [-0.25, -0.2) is 0 Å². The summed E-state index contributed by atoms with van der Waals surface area (Å²) < 4.78 is 5.37. The van der Waals surface area contributed by atoms with Crippen molar-refractivity contribution in [3.8, 4) is 5.75 Å². The number of para-hydroxylation sites is 1. The molecule has 1 aromatic heterocycles. The van der Waals surface area contributed by atoms with Gasteiger partial charge < -0.3 is 30.0 Å². The lowest BCUT2D eigenvalue weighted by Crippen LogP contribution is -2.51. The Kier molecular flexibility index (Phi) is 7.91. The third kappa shape index (κ3) is 5.82.